The zero-order chi connectivity index (χ0) is 23.1. The van der Waals surface area contributed by atoms with Crippen LogP contribution < -0.4 is 9.46 Å². The van der Waals surface area contributed by atoms with Crippen molar-refractivity contribution in [2.75, 3.05) is 14.2 Å². The first-order valence-electron chi connectivity index (χ1n) is 9.99. The first kappa shape index (κ1) is 23.8. The molecule has 3 aromatic rings. The Balaban J connectivity index is 1.86. The molecule has 6 nitrogen and oxygen atoms in total. The van der Waals surface area contributed by atoms with Crippen molar-refractivity contribution in [2.24, 2.45) is 0 Å². The molecule has 0 aliphatic heterocycles. The number of hydrogen-bond donors (Lipinski definition) is 1. The van der Waals surface area contributed by atoms with Gasteiger partial charge >= 0.3 is 0 Å². The van der Waals surface area contributed by atoms with E-state index in [0.29, 0.717) is 12.3 Å². The molecule has 0 fully saturated rings. The number of benzene rings is 3. The van der Waals surface area contributed by atoms with Gasteiger partial charge in [0.25, 0.3) is 0 Å². The van der Waals surface area contributed by atoms with Gasteiger partial charge in [-0.1, -0.05) is 72.3 Å². The Bertz CT molecular complexity index is 1160. The number of ether oxygens (including phenoxy) is 1. The highest BCUT2D eigenvalue weighted by Gasteiger charge is 2.28. The van der Waals surface area contributed by atoms with Crippen LogP contribution in [-0.4, -0.2) is 39.4 Å². The lowest BCUT2D eigenvalue weighted by atomic mass is 10.1. The number of nitrogens with zero attached hydrogens (tertiary/aromatic N) is 1. The molecule has 3 aromatic carbocycles. The van der Waals surface area contributed by atoms with E-state index in [1.165, 1.54) is 30.2 Å². The summed E-state index contributed by atoms with van der Waals surface area (Å²) in [5.41, 5.74) is 1.79. The van der Waals surface area contributed by atoms with Gasteiger partial charge in [-0.15, -0.1) is 0 Å². The van der Waals surface area contributed by atoms with Crippen LogP contribution in [-0.2, 0) is 27.8 Å². The monoisotopic (exact) mass is 472 g/mol. The van der Waals surface area contributed by atoms with E-state index in [9.17, 15) is 13.2 Å². The maximum Gasteiger partial charge on any atom is 0.241 e. The molecule has 0 saturated heterocycles. The number of sulfonamides is 1. The van der Waals surface area contributed by atoms with Crippen LogP contribution >= 0.6 is 11.6 Å². The number of rotatable bonds is 9. The topological polar surface area (TPSA) is 75.7 Å². The van der Waals surface area contributed by atoms with E-state index < -0.39 is 16.1 Å². The van der Waals surface area contributed by atoms with Crippen LogP contribution in [0.2, 0.25) is 5.02 Å². The minimum Gasteiger partial charge on any atom is -0.495 e. The van der Waals surface area contributed by atoms with Crippen LogP contribution in [0.25, 0.3) is 0 Å². The number of hydrogen-bond acceptors (Lipinski definition) is 4. The number of halogens is 1. The average molecular weight is 473 g/mol. The Morgan fingerprint density at radius 2 is 1.59 bits per heavy atom. The summed E-state index contributed by atoms with van der Waals surface area (Å²) in [6.07, 6.45) is 0.210. The summed E-state index contributed by atoms with van der Waals surface area (Å²) in [6, 6.07) is 22.0. The molecule has 0 radical (unpaired) electrons. The fraction of sp³-hybridized carbons (Fsp3) is 0.208. The van der Waals surface area contributed by atoms with Crippen LogP contribution in [0.1, 0.15) is 11.1 Å². The second-order valence-corrected chi connectivity index (χ2v) is 9.46. The molecule has 0 aromatic heterocycles. The van der Waals surface area contributed by atoms with E-state index in [-0.39, 0.29) is 22.2 Å². The molecule has 0 spiro atoms. The molecule has 1 N–H and O–H groups in total. The highest BCUT2D eigenvalue weighted by Crippen LogP contribution is 2.27. The molecule has 1 atom stereocenters. The zero-order valence-corrected chi connectivity index (χ0v) is 19.4. The van der Waals surface area contributed by atoms with Gasteiger partial charge < -0.3 is 9.64 Å². The van der Waals surface area contributed by atoms with Gasteiger partial charge in [-0.05, 0) is 35.7 Å². The summed E-state index contributed by atoms with van der Waals surface area (Å²) in [5, 5.41) is 0.169. The molecule has 0 aliphatic carbocycles. The summed E-state index contributed by atoms with van der Waals surface area (Å²) < 4.78 is 33.8. The van der Waals surface area contributed by atoms with E-state index in [2.05, 4.69) is 4.72 Å². The Morgan fingerprint density at radius 3 is 2.16 bits per heavy atom. The van der Waals surface area contributed by atoms with E-state index in [1.807, 2.05) is 60.7 Å². The minimum absolute atomic E-state index is 0.0418. The first-order chi connectivity index (χ1) is 15.3. The number of amides is 1. The fourth-order valence-corrected chi connectivity index (χ4v) is 4.84. The van der Waals surface area contributed by atoms with Crippen LogP contribution in [0.5, 0.6) is 5.75 Å². The van der Waals surface area contributed by atoms with Crippen molar-refractivity contribution in [1.29, 1.82) is 0 Å². The van der Waals surface area contributed by atoms with Gasteiger partial charge in [-0.3, -0.25) is 4.79 Å². The van der Waals surface area contributed by atoms with Crippen LogP contribution in [0.3, 0.4) is 0 Å². The maximum absolute atomic E-state index is 13.3. The molecular weight excluding hydrogens is 448 g/mol. The van der Waals surface area contributed by atoms with E-state index in [1.54, 1.807) is 7.05 Å². The molecule has 8 heteroatoms. The molecule has 0 saturated carbocycles. The summed E-state index contributed by atoms with van der Waals surface area (Å²) in [7, 11) is -0.908. The number of likely N-dealkylation sites (N-methyl/N-ethyl adjacent to an activating group) is 1. The van der Waals surface area contributed by atoms with Gasteiger partial charge in [0.2, 0.25) is 15.9 Å². The zero-order valence-electron chi connectivity index (χ0n) is 17.9. The maximum atomic E-state index is 13.3. The van der Waals surface area contributed by atoms with Crippen molar-refractivity contribution >= 4 is 27.5 Å². The highest BCUT2D eigenvalue weighted by atomic mass is 35.5. The predicted octanol–water partition coefficient (Wildman–Crippen LogP) is 3.90. The largest absolute Gasteiger partial charge is 0.495 e. The molecule has 1 amide bonds. The van der Waals surface area contributed by atoms with Crippen molar-refractivity contribution in [2.45, 2.75) is 23.9 Å². The van der Waals surface area contributed by atoms with Crippen molar-refractivity contribution in [3.63, 3.8) is 0 Å². The van der Waals surface area contributed by atoms with Gasteiger partial charge in [0.05, 0.1) is 17.0 Å². The van der Waals surface area contributed by atoms with Crippen molar-refractivity contribution < 1.29 is 17.9 Å². The number of carbonyl (C=O) groups is 1. The van der Waals surface area contributed by atoms with Crippen molar-refractivity contribution in [3.05, 3.63) is 95.0 Å². The Hall–Kier alpha value is -2.87. The van der Waals surface area contributed by atoms with E-state index >= 15 is 0 Å². The Labute approximate surface area is 193 Å². The van der Waals surface area contributed by atoms with Crippen LogP contribution in [0.15, 0.2) is 83.8 Å². The van der Waals surface area contributed by atoms with Gasteiger partial charge in [0, 0.05) is 13.6 Å². The Kier molecular flexibility index (Phi) is 7.90. The standard InChI is InChI=1S/C24H25ClN2O4S/c1-27(17-19-11-7-4-8-12-19)24(28)22(15-18-9-5-3-6-10-18)26-32(29,30)20-13-14-23(31-2)21(25)16-20/h3-14,16,22,26H,15,17H2,1-2H3/t22-/m0/s1. The quantitative estimate of drug-likeness (QED) is 0.512. The molecular formula is C24H25ClN2O4S. The second-order valence-electron chi connectivity index (χ2n) is 7.34. The molecule has 0 aliphatic rings. The molecule has 0 heterocycles. The number of nitrogens with one attached hydrogen (secondary N) is 1. The van der Waals surface area contributed by atoms with E-state index in [4.69, 9.17) is 16.3 Å². The van der Waals surface area contributed by atoms with Crippen molar-refractivity contribution in [1.82, 2.24) is 9.62 Å². The van der Waals surface area contributed by atoms with Crippen LogP contribution in [0.4, 0.5) is 0 Å². The molecule has 0 unspecified atom stereocenters. The van der Waals surface area contributed by atoms with Gasteiger partial charge in [0.15, 0.2) is 0 Å². The average Bonchev–Trinajstić information content (AvgIpc) is 2.79. The molecule has 32 heavy (non-hydrogen) atoms. The SMILES string of the molecule is COc1ccc(S(=O)(=O)N[C@@H](Cc2ccccc2)C(=O)N(C)Cc2ccccc2)cc1Cl. The third-order valence-corrected chi connectivity index (χ3v) is 6.72. The predicted molar refractivity (Wildman–Crippen MR) is 125 cm³/mol. The van der Waals surface area contributed by atoms with Gasteiger partial charge in [-0.2, -0.15) is 4.72 Å². The molecule has 168 valence electrons. The summed E-state index contributed by atoms with van der Waals surface area (Å²) in [5.74, 6) is 0.0333. The minimum atomic E-state index is -4.02. The lowest BCUT2D eigenvalue weighted by molar-refractivity contribution is -0.132. The number of methoxy groups -OCH3 is 1. The van der Waals surface area contributed by atoms with Crippen LogP contribution in [0, 0.1) is 0 Å². The smallest absolute Gasteiger partial charge is 0.241 e. The summed E-state index contributed by atoms with van der Waals surface area (Å²) in [6.45, 7) is 0.362. The van der Waals surface area contributed by atoms with E-state index in [0.717, 1.165) is 11.1 Å². The lowest BCUT2D eigenvalue weighted by Gasteiger charge is -2.25. The first-order valence-corrected chi connectivity index (χ1v) is 11.8. The third kappa shape index (κ3) is 6.09. The summed E-state index contributed by atoms with van der Waals surface area (Å²) >= 11 is 6.11. The molecule has 3 rings (SSSR count). The lowest BCUT2D eigenvalue weighted by Crippen LogP contribution is -2.48. The summed E-state index contributed by atoms with van der Waals surface area (Å²) in [4.78, 5) is 14.8. The van der Waals surface area contributed by atoms with Gasteiger partial charge in [0.1, 0.15) is 11.8 Å². The normalized spacial score (nSPS) is 12.2. The Morgan fingerprint density at radius 1 is 1.00 bits per heavy atom. The highest BCUT2D eigenvalue weighted by molar-refractivity contribution is 7.89. The van der Waals surface area contributed by atoms with Gasteiger partial charge in [-0.25, -0.2) is 8.42 Å². The fourth-order valence-electron chi connectivity index (χ4n) is 3.30. The molecule has 0 bridgehead atoms. The number of carbonyl (C=O) groups excluding carboxylic acids is 1. The second kappa shape index (κ2) is 10.6. The van der Waals surface area contributed by atoms with Crippen molar-refractivity contribution in [3.8, 4) is 5.75 Å². The third-order valence-electron chi connectivity index (χ3n) is 4.95.